The lowest BCUT2D eigenvalue weighted by molar-refractivity contribution is -0.385. The summed E-state index contributed by atoms with van der Waals surface area (Å²) < 4.78 is 32.5. The first-order chi connectivity index (χ1) is 10.7. The number of hydrogen-bond acceptors (Lipinski definition) is 5. The van der Waals surface area contributed by atoms with Gasteiger partial charge < -0.3 is 5.32 Å². The number of hydrogen-bond donors (Lipinski definition) is 2. The zero-order valence-electron chi connectivity index (χ0n) is 13.0. The summed E-state index contributed by atoms with van der Waals surface area (Å²) in [6.45, 7) is 3.59. The fourth-order valence-corrected chi connectivity index (χ4v) is 4.87. The molecule has 23 heavy (non-hydrogen) atoms. The fourth-order valence-electron chi connectivity index (χ4n) is 2.67. The Morgan fingerprint density at radius 3 is 2.78 bits per heavy atom. The number of nitrogens with zero attached hydrogens (tertiary/aromatic N) is 3. The minimum Gasteiger partial charge on any atom is -0.345 e. The SMILES string of the molecule is CCN1C(=N)N[C@](C)(c2cc([N+](=O)[O-])ccc2F)CS1(=O)=NC. The van der Waals surface area contributed by atoms with Gasteiger partial charge in [0.1, 0.15) is 15.7 Å². The van der Waals surface area contributed by atoms with Gasteiger partial charge >= 0.3 is 0 Å². The van der Waals surface area contributed by atoms with Crippen LogP contribution in [-0.4, -0.2) is 38.7 Å². The molecule has 1 saturated heterocycles. The van der Waals surface area contributed by atoms with Crippen molar-refractivity contribution in [3.8, 4) is 0 Å². The van der Waals surface area contributed by atoms with Crippen molar-refractivity contribution in [3.63, 3.8) is 0 Å². The van der Waals surface area contributed by atoms with Gasteiger partial charge in [0, 0.05) is 31.3 Å². The zero-order valence-corrected chi connectivity index (χ0v) is 13.8. The van der Waals surface area contributed by atoms with Crippen LogP contribution in [0, 0.1) is 21.3 Å². The molecular weight excluding hydrogens is 325 g/mol. The highest BCUT2D eigenvalue weighted by atomic mass is 32.2. The summed E-state index contributed by atoms with van der Waals surface area (Å²) >= 11 is 0. The molecule has 10 heteroatoms. The molecule has 0 saturated carbocycles. The lowest BCUT2D eigenvalue weighted by Gasteiger charge is -2.43. The summed E-state index contributed by atoms with van der Waals surface area (Å²) in [6, 6.07) is 3.17. The maximum Gasteiger partial charge on any atom is 0.269 e. The highest BCUT2D eigenvalue weighted by Gasteiger charge is 2.43. The molecule has 0 radical (unpaired) electrons. The van der Waals surface area contributed by atoms with E-state index in [1.54, 1.807) is 13.8 Å². The monoisotopic (exact) mass is 343 g/mol. The summed E-state index contributed by atoms with van der Waals surface area (Å²) in [5.74, 6) is -0.908. The second kappa shape index (κ2) is 5.76. The quantitative estimate of drug-likeness (QED) is 0.644. The number of nitrogens with one attached hydrogen (secondary N) is 2. The van der Waals surface area contributed by atoms with E-state index in [1.807, 2.05) is 0 Å². The van der Waals surface area contributed by atoms with Crippen LogP contribution in [0.3, 0.4) is 0 Å². The Morgan fingerprint density at radius 2 is 2.26 bits per heavy atom. The van der Waals surface area contributed by atoms with E-state index in [0.29, 0.717) is 6.54 Å². The van der Waals surface area contributed by atoms with Gasteiger partial charge in [0.15, 0.2) is 0 Å². The van der Waals surface area contributed by atoms with E-state index in [2.05, 4.69) is 9.68 Å². The lowest BCUT2D eigenvalue weighted by atomic mass is 9.93. The Labute approximate surface area is 133 Å². The minimum absolute atomic E-state index is 0.0106. The first-order valence-corrected chi connectivity index (χ1v) is 8.52. The Bertz CT molecular complexity index is 790. The summed E-state index contributed by atoms with van der Waals surface area (Å²) in [6.07, 6.45) is 0. The Hall–Kier alpha value is -2.23. The largest absolute Gasteiger partial charge is 0.345 e. The molecule has 0 spiro atoms. The molecule has 2 rings (SSSR count). The van der Waals surface area contributed by atoms with E-state index in [-0.39, 0.29) is 23.0 Å². The third kappa shape index (κ3) is 2.85. The van der Waals surface area contributed by atoms with Crippen LogP contribution in [-0.2, 0) is 15.5 Å². The summed E-state index contributed by atoms with van der Waals surface area (Å²) in [7, 11) is -1.56. The molecule has 1 aliphatic heterocycles. The molecule has 8 nitrogen and oxygen atoms in total. The fraction of sp³-hybridized carbons (Fsp3) is 0.462. The predicted octanol–water partition coefficient (Wildman–Crippen LogP) is 1.82. The number of halogens is 1. The van der Waals surface area contributed by atoms with Crippen LogP contribution < -0.4 is 5.32 Å². The molecule has 0 aromatic heterocycles. The maximum absolute atomic E-state index is 14.3. The van der Waals surface area contributed by atoms with E-state index >= 15 is 0 Å². The van der Waals surface area contributed by atoms with Gasteiger partial charge in [0.05, 0.1) is 16.2 Å². The zero-order chi connectivity index (χ0) is 17.4. The van der Waals surface area contributed by atoms with Crippen LogP contribution >= 0.6 is 0 Å². The van der Waals surface area contributed by atoms with Crippen LogP contribution in [0.4, 0.5) is 10.1 Å². The Morgan fingerprint density at radius 1 is 1.61 bits per heavy atom. The van der Waals surface area contributed by atoms with Crippen LogP contribution in [0.1, 0.15) is 19.4 Å². The van der Waals surface area contributed by atoms with E-state index in [0.717, 1.165) is 18.2 Å². The molecule has 2 atom stereocenters. The molecule has 0 bridgehead atoms. The highest BCUT2D eigenvalue weighted by Crippen LogP contribution is 2.33. The van der Waals surface area contributed by atoms with Gasteiger partial charge in [-0.3, -0.25) is 19.8 Å². The molecule has 126 valence electrons. The van der Waals surface area contributed by atoms with Gasteiger partial charge in [-0.05, 0) is 19.9 Å². The van der Waals surface area contributed by atoms with E-state index in [1.165, 1.54) is 11.4 Å². The van der Waals surface area contributed by atoms with Crippen molar-refractivity contribution in [1.82, 2.24) is 9.62 Å². The van der Waals surface area contributed by atoms with Gasteiger partial charge in [-0.2, -0.15) is 0 Å². The molecule has 1 aromatic carbocycles. The number of benzene rings is 1. The van der Waals surface area contributed by atoms with Gasteiger partial charge in [-0.15, -0.1) is 0 Å². The normalized spacial score (nSPS) is 27.5. The average molecular weight is 343 g/mol. The average Bonchev–Trinajstić information content (AvgIpc) is 2.46. The first-order valence-electron chi connectivity index (χ1n) is 6.88. The molecule has 0 aliphatic carbocycles. The smallest absolute Gasteiger partial charge is 0.269 e. The molecule has 1 aliphatic rings. The Balaban J connectivity index is 2.60. The predicted molar refractivity (Wildman–Crippen MR) is 85.0 cm³/mol. The van der Waals surface area contributed by atoms with E-state index in [4.69, 9.17) is 5.41 Å². The van der Waals surface area contributed by atoms with Crippen molar-refractivity contribution in [2.24, 2.45) is 4.36 Å². The molecule has 1 fully saturated rings. The number of nitro benzene ring substituents is 1. The van der Waals surface area contributed by atoms with Gasteiger partial charge in [-0.25, -0.2) is 13.0 Å². The highest BCUT2D eigenvalue weighted by molar-refractivity contribution is 7.92. The van der Waals surface area contributed by atoms with Crippen molar-refractivity contribution in [2.45, 2.75) is 19.4 Å². The van der Waals surface area contributed by atoms with Crippen molar-refractivity contribution in [1.29, 1.82) is 5.41 Å². The van der Waals surface area contributed by atoms with E-state index < -0.39 is 26.2 Å². The molecule has 1 aromatic rings. The first kappa shape index (κ1) is 17.1. The van der Waals surface area contributed by atoms with Crippen molar-refractivity contribution < 1.29 is 13.5 Å². The lowest BCUT2D eigenvalue weighted by Crippen LogP contribution is -2.62. The van der Waals surface area contributed by atoms with Gasteiger partial charge in [0.2, 0.25) is 5.96 Å². The second-order valence-corrected chi connectivity index (χ2v) is 7.66. The van der Waals surface area contributed by atoms with Crippen molar-refractivity contribution in [3.05, 3.63) is 39.7 Å². The number of rotatable bonds is 3. The molecule has 0 amide bonds. The number of nitro groups is 1. The van der Waals surface area contributed by atoms with Crippen LogP contribution in [0.2, 0.25) is 0 Å². The van der Waals surface area contributed by atoms with Gasteiger partial charge in [-0.1, -0.05) is 0 Å². The summed E-state index contributed by atoms with van der Waals surface area (Å²) in [5, 5.41) is 21.8. The van der Waals surface area contributed by atoms with Crippen LogP contribution in [0.25, 0.3) is 0 Å². The molecular formula is C13H18FN5O3S. The van der Waals surface area contributed by atoms with Gasteiger partial charge in [0.25, 0.3) is 5.69 Å². The minimum atomic E-state index is -2.94. The van der Waals surface area contributed by atoms with Crippen molar-refractivity contribution >= 4 is 21.6 Å². The summed E-state index contributed by atoms with van der Waals surface area (Å²) in [5.41, 5.74) is -1.52. The van der Waals surface area contributed by atoms with Crippen LogP contribution in [0.5, 0.6) is 0 Å². The van der Waals surface area contributed by atoms with Crippen LogP contribution in [0.15, 0.2) is 22.6 Å². The third-order valence-electron chi connectivity index (χ3n) is 3.79. The maximum atomic E-state index is 14.3. The summed E-state index contributed by atoms with van der Waals surface area (Å²) in [4.78, 5) is 10.3. The molecule has 1 heterocycles. The standard InChI is InChI=1S/C13H18FN5O3S/c1-4-18-12(15)17-13(2,8-23(18,22)16-3)10-7-9(19(20)21)5-6-11(10)14/h5-7H,4,8H2,1-3H3,(H2,15,17)/t13-,23?/m0/s1. The van der Waals surface area contributed by atoms with Crippen molar-refractivity contribution in [2.75, 3.05) is 19.3 Å². The Kier molecular flexibility index (Phi) is 4.29. The molecule has 1 unspecified atom stereocenters. The number of guanidine groups is 1. The second-order valence-electron chi connectivity index (χ2n) is 5.36. The topological polar surface area (TPSA) is 112 Å². The van der Waals surface area contributed by atoms with E-state index in [9.17, 15) is 18.7 Å². The molecule has 2 N–H and O–H groups in total. The third-order valence-corrected chi connectivity index (χ3v) is 6.45. The number of non-ortho nitro benzene ring substituents is 1.